The van der Waals surface area contributed by atoms with E-state index in [0.717, 1.165) is 31.8 Å². The third kappa shape index (κ3) is 3.60. The Morgan fingerprint density at radius 3 is 2.50 bits per heavy atom. The molecule has 0 aliphatic carbocycles. The molecule has 0 atom stereocenters. The maximum Gasteiger partial charge on any atom is 0.410 e. The van der Waals surface area contributed by atoms with Crippen LogP contribution in [0.1, 0.15) is 33.6 Å². The van der Waals surface area contributed by atoms with Gasteiger partial charge < -0.3 is 24.3 Å². The number of hydrogen-bond acceptors (Lipinski definition) is 5. The summed E-state index contributed by atoms with van der Waals surface area (Å²) in [4.78, 5) is 32.4. The zero-order valence-electron chi connectivity index (χ0n) is 15.1. The molecular weight excluding hydrogens is 308 g/mol. The highest BCUT2D eigenvalue weighted by Crippen LogP contribution is 2.27. The van der Waals surface area contributed by atoms with E-state index in [2.05, 4.69) is 4.90 Å². The lowest BCUT2D eigenvalue weighted by atomic mass is 9.96. The fraction of sp³-hybridized carbons (Fsp3) is 0.765. The SMILES string of the molecule is CN1C=C2C(=O)N(CC3CCN(C(=O)OC(C)(C)C)CC3)CN2C1. The van der Waals surface area contributed by atoms with E-state index in [0.29, 0.717) is 25.7 Å². The van der Waals surface area contributed by atoms with Crippen LogP contribution in [0.2, 0.25) is 0 Å². The van der Waals surface area contributed by atoms with E-state index < -0.39 is 5.60 Å². The van der Waals surface area contributed by atoms with Crippen LogP contribution in [0.3, 0.4) is 0 Å². The van der Waals surface area contributed by atoms with Gasteiger partial charge in [0, 0.05) is 32.9 Å². The Balaban J connectivity index is 1.47. The molecule has 0 aromatic carbocycles. The molecule has 7 nitrogen and oxygen atoms in total. The van der Waals surface area contributed by atoms with E-state index in [-0.39, 0.29) is 12.0 Å². The van der Waals surface area contributed by atoms with Gasteiger partial charge in [0.15, 0.2) is 0 Å². The topological polar surface area (TPSA) is 56.3 Å². The molecule has 3 aliphatic heterocycles. The first kappa shape index (κ1) is 16.9. The highest BCUT2D eigenvalue weighted by atomic mass is 16.6. The number of carbonyl (C=O) groups excluding carboxylic acids is 2. The minimum absolute atomic E-state index is 0.133. The average molecular weight is 336 g/mol. The van der Waals surface area contributed by atoms with Crippen molar-refractivity contribution < 1.29 is 14.3 Å². The maximum atomic E-state index is 12.4. The monoisotopic (exact) mass is 336 g/mol. The van der Waals surface area contributed by atoms with Gasteiger partial charge in [0.05, 0.1) is 13.3 Å². The maximum absolute atomic E-state index is 12.4. The van der Waals surface area contributed by atoms with Gasteiger partial charge in [-0.15, -0.1) is 0 Å². The van der Waals surface area contributed by atoms with Crippen LogP contribution < -0.4 is 0 Å². The number of likely N-dealkylation sites (tertiary alicyclic amines) is 1. The summed E-state index contributed by atoms with van der Waals surface area (Å²) in [7, 11) is 1.98. The summed E-state index contributed by atoms with van der Waals surface area (Å²) in [5.74, 6) is 0.583. The Bertz CT molecular complexity index is 547. The van der Waals surface area contributed by atoms with Gasteiger partial charge in [0.1, 0.15) is 11.3 Å². The molecule has 0 aromatic rings. The second-order valence-electron chi connectivity index (χ2n) is 8.03. The fourth-order valence-corrected chi connectivity index (χ4v) is 3.50. The summed E-state index contributed by atoms with van der Waals surface area (Å²) >= 11 is 0. The van der Waals surface area contributed by atoms with E-state index in [1.165, 1.54) is 0 Å². The molecule has 0 aromatic heterocycles. The second-order valence-corrected chi connectivity index (χ2v) is 8.03. The molecule has 3 rings (SSSR count). The van der Waals surface area contributed by atoms with Gasteiger partial charge in [-0.25, -0.2) is 4.79 Å². The standard InChI is InChI=1S/C17H28N4O3/c1-17(2,3)24-16(23)19-7-5-13(6-8-19)9-20-12-21-11-18(4)10-14(21)15(20)22/h10,13H,5-9,11-12H2,1-4H3. The van der Waals surface area contributed by atoms with Crippen LogP contribution in [0.15, 0.2) is 11.9 Å². The molecule has 3 heterocycles. The van der Waals surface area contributed by atoms with Gasteiger partial charge in [-0.1, -0.05) is 0 Å². The highest BCUT2D eigenvalue weighted by Gasteiger charge is 2.38. The van der Waals surface area contributed by atoms with Crippen LogP contribution in [-0.2, 0) is 9.53 Å². The first-order valence-electron chi connectivity index (χ1n) is 8.67. The summed E-state index contributed by atoms with van der Waals surface area (Å²) in [5.41, 5.74) is 0.354. The van der Waals surface area contributed by atoms with Crippen molar-refractivity contribution in [3.05, 3.63) is 11.9 Å². The Hall–Kier alpha value is -1.92. The molecule has 2 amide bonds. The largest absolute Gasteiger partial charge is 0.444 e. The van der Waals surface area contributed by atoms with Crippen LogP contribution in [0.25, 0.3) is 0 Å². The molecule has 2 saturated heterocycles. The molecule has 3 aliphatic rings. The number of piperidine rings is 1. The van der Waals surface area contributed by atoms with Crippen molar-refractivity contribution >= 4 is 12.0 Å². The van der Waals surface area contributed by atoms with E-state index >= 15 is 0 Å². The summed E-state index contributed by atoms with van der Waals surface area (Å²) in [6, 6.07) is 0. The number of rotatable bonds is 2. The summed E-state index contributed by atoms with van der Waals surface area (Å²) in [6.45, 7) is 9.31. The first-order chi connectivity index (χ1) is 11.2. The second kappa shape index (κ2) is 6.18. The number of nitrogens with zero attached hydrogens (tertiary/aromatic N) is 4. The van der Waals surface area contributed by atoms with Crippen molar-refractivity contribution in [2.75, 3.05) is 40.0 Å². The van der Waals surface area contributed by atoms with Gasteiger partial charge in [-0.2, -0.15) is 0 Å². The average Bonchev–Trinajstić information content (AvgIpc) is 2.97. The predicted molar refractivity (Wildman–Crippen MR) is 89.7 cm³/mol. The Morgan fingerprint density at radius 2 is 1.92 bits per heavy atom. The molecular formula is C17H28N4O3. The van der Waals surface area contributed by atoms with Crippen LogP contribution in [-0.4, -0.2) is 77.2 Å². The Labute approximate surface area is 143 Å². The van der Waals surface area contributed by atoms with Gasteiger partial charge in [-0.3, -0.25) is 4.79 Å². The van der Waals surface area contributed by atoms with Crippen LogP contribution >= 0.6 is 0 Å². The molecule has 0 bridgehead atoms. The van der Waals surface area contributed by atoms with E-state index in [1.807, 2.05) is 43.8 Å². The van der Waals surface area contributed by atoms with Crippen LogP contribution in [0, 0.1) is 5.92 Å². The normalized spacial score (nSPS) is 22.2. The van der Waals surface area contributed by atoms with E-state index in [4.69, 9.17) is 4.74 Å². The molecule has 0 saturated carbocycles. The first-order valence-corrected chi connectivity index (χ1v) is 8.67. The smallest absolute Gasteiger partial charge is 0.410 e. The molecule has 24 heavy (non-hydrogen) atoms. The molecule has 0 spiro atoms. The number of ether oxygens (including phenoxy) is 1. The van der Waals surface area contributed by atoms with Crippen molar-refractivity contribution in [3.8, 4) is 0 Å². The van der Waals surface area contributed by atoms with Gasteiger partial charge in [0.25, 0.3) is 5.91 Å². The number of amides is 2. The van der Waals surface area contributed by atoms with Gasteiger partial charge in [-0.05, 0) is 39.5 Å². The van der Waals surface area contributed by atoms with Crippen LogP contribution in [0.5, 0.6) is 0 Å². The quantitative estimate of drug-likeness (QED) is 0.764. The molecule has 0 radical (unpaired) electrons. The van der Waals surface area contributed by atoms with Crippen LogP contribution in [0.4, 0.5) is 4.79 Å². The van der Waals surface area contributed by atoms with Gasteiger partial charge >= 0.3 is 6.09 Å². The van der Waals surface area contributed by atoms with Crippen molar-refractivity contribution in [1.29, 1.82) is 0 Å². The Kier molecular flexibility index (Phi) is 4.36. The fourth-order valence-electron chi connectivity index (χ4n) is 3.50. The zero-order chi connectivity index (χ0) is 17.5. The van der Waals surface area contributed by atoms with Crippen molar-refractivity contribution in [2.45, 2.75) is 39.2 Å². The minimum atomic E-state index is -0.455. The third-order valence-corrected chi connectivity index (χ3v) is 4.67. The van der Waals surface area contributed by atoms with Crippen molar-refractivity contribution in [2.24, 2.45) is 5.92 Å². The summed E-state index contributed by atoms with van der Waals surface area (Å²) in [6.07, 6.45) is 3.53. The van der Waals surface area contributed by atoms with Crippen molar-refractivity contribution in [3.63, 3.8) is 0 Å². The summed E-state index contributed by atoms with van der Waals surface area (Å²) < 4.78 is 5.43. The van der Waals surface area contributed by atoms with Crippen molar-refractivity contribution in [1.82, 2.24) is 19.6 Å². The van der Waals surface area contributed by atoms with E-state index in [1.54, 1.807) is 4.90 Å². The Morgan fingerprint density at radius 1 is 1.25 bits per heavy atom. The number of fused-ring (bicyclic) bond motifs is 1. The van der Waals surface area contributed by atoms with Gasteiger partial charge in [0.2, 0.25) is 0 Å². The molecule has 0 N–H and O–H groups in total. The van der Waals surface area contributed by atoms with E-state index in [9.17, 15) is 9.59 Å². The predicted octanol–water partition coefficient (Wildman–Crippen LogP) is 1.48. The lowest BCUT2D eigenvalue weighted by Crippen LogP contribution is -2.44. The highest BCUT2D eigenvalue weighted by molar-refractivity contribution is 5.95. The number of hydrogen-bond donors (Lipinski definition) is 0. The minimum Gasteiger partial charge on any atom is -0.444 e. The summed E-state index contributed by atoms with van der Waals surface area (Å²) in [5, 5.41) is 0. The molecule has 2 fully saturated rings. The lowest BCUT2D eigenvalue weighted by molar-refractivity contribution is -0.125. The molecule has 134 valence electrons. The molecule has 7 heteroatoms. The zero-order valence-corrected chi connectivity index (χ0v) is 15.1. The third-order valence-electron chi connectivity index (χ3n) is 4.67. The lowest BCUT2D eigenvalue weighted by Gasteiger charge is -2.34. The number of carbonyl (C=O) groups is 2. The molecule has 0 unspecified atom stereocenters.